The van der Waals surface area contributed by atoms with Crippen molar-refractivity contribution in [2.75, 3.05) is 0 Å². The Labute approximate surface area is 130 Å². The first-order chi connectivity index (χ1) is 10.1. The van der Waals surface area contributed by atoms with E-state index in [1.165, 1.54) is 12.8 Å². The molecule has 112 valence electrons. The molecule has 0 heterocycles. The van der Waals surface area contributed by atoms with Crippen LogP contribution in [0.3, 0.4) is 0 Å². The van der Waals surface area contributed by atoms with Gasteiger partial charge in [0.05, 0.1) is 0 Å². The van der Waals surface area contributed by atoms with Gasteiger partial charge in [-0.25, -0.2) is 0 Å². The topological polar surface area (TPSA) is 0 Å². The first kappa shape index (κ1) is 14.6. The quantitative estimate of drug-likeness (QED) is 0.660. The standard InChI is InChI=1S/C21H28/c1-5-10-17-11-6-7-12-18(17)20-15(2)16(3)21(4)14-9-8-13-19(20)21/h6-9,11-16,19-20H,5,10H2,1-4H3. The van der Waals surface area contributed by atoms with Gasteiger partial charge < -0.3 is 0 Å². The molecule has 2 aliphatic carbocycles. The van der Waals surface area contributed by atoms with E-state index in [4.69, 9.17) is 0 Å². The van der Waals surface area contributed by atoms with Gasteiger partial charge in [-0.1, -0.05) is 82.7 Å². The van der Waals surface area contributed by atoms with Gasteiger partial charge in [-0.05, 0) is 46.6 Å². The monoisotopic (exact) mass is 280 g/mol. The lowest BCUT2D eigenvalue weighted by Gasteiger charge is -2.34. The fourth-order valence-corrected chi connectivity index (χ4v) is 4.76. The Hall–Kier alpha value is -1.30. The summed E-state index contributed by atoms with van der Waals surface area (Å²) in [6.45, 7) is 9.65. The third kappa shape index (κ3) is 2.20. The number of benzene rings is 1. The summed E-state index contributed by atoms with van der Waals surface area (Å²) >= 11 is 0. The SMILES string of the molecule is CCCc1ccccc1C1C(C)C(C)C2(C)C=CC=CC12. The zero-order chi connectivity index (χ0) is 15.0. The van der Waals surface area contributed by atoms with E-state index in [9.17, 15) is 0 Å². The number of aryl methyl sites for hydroxylation is 1. The van der Waals surface area contributed by atoms with Gasteiger partial charge in [0.25, 0.3) is 0 Å². The van der Waals surface area contributed by atoms with E-state index in [0.29, 0.717) is 17.3 Å². The highest BCUT2D eigenvalue weighted by molar-refractivity contribution is 5.38. The zero-order valence-electron chi connectivity index (χ0n) is 13.8. The van der Waals surface area contributed by atoms with Crippen molar-refractivity contribution in [3.63, 3.8) is 0 Å². The molecular formula is C21H28. The Morgan fingerprint density at radius 1 is 1.10 bits per heavy atom. The summed E-state index contributed by atoms with van der Waals surface area (Å²) in [4.78, 5) is 0. The van der Waals surface area contributed by atoms with Gasteiger partial charge in [-0.15, -0.1) is 0 Å². The van der Waals surface area contributed by atoms with Gasteiger partial charge in [-0.2, -0.15) is 0 Å². The van der Waals surface area contributed by atoms with Gasteiger partial charge in [0.2, 0.25) is 0 Å². The Morgan fingerprint density at radius 2 is 1.86 bits per heavy atom. The van der Waals surface area contributed by atoms with Crippen LogP contribution in [0.4, 0.5) is 0 Å². The van der Waals surface area contributed by atoms with E-state index in [2.05, 4.69) is 76.3 Å². The highest BCUT2D eigenvalue weighted by Crippen LogP contribution is 2.60. The Bertz CT molecular complexity index is 565. The van der Waals surface area contributed by atoms with Crippen LogP contribution in [0.15, 0.2) is 48.6 Å². The minimum atomic E-state index is 0.318. The summed E-state index contributed by atoms with van der Waals surface area (Å²) in [5, 5.41) is 0. The van der Waals surface area contributed by atoms with Crippen LogP contribution in [0.5, 0.6) is 0 Å². The molecule has 1 fully saturated rings. The van der Waals surface area contributed by atoms with Crippen molar-refractivity contribution in [2.24, 2.45) is 23.2 Å². The van der Waals surface area contributed by atoms with Crippen LogP contribution in [0, 0.1) is 23.2 Å². The second-order valence-corrected chi connectivity index (χ2v) is 7.26. The number of allylic oxidation sites excluding steroid dienone is 4. The van der Waals surface area contributed by atoms with Gasteiger partial charge in [0.1, 0.15) is 0 Å². The normalized spacial score (nSPS) is 37.7. The van der Waals surface area contributed by atoms with E-state index in [1.54, 1.807) is 11.1 Å². The molecule has 0 spiro atoms. The number of fused-ring (bicyclic) bond motifs is 1. The van der Waals surface area contributed by atoms with Gasteiger partial charge in [-0.3, -0.25) is 0 Å². The minimum Gasteiger partial charge on any atom is -0.0799 e. The Balaban J connectivity index is 2.06. The molecule has 5 atom stereocenters. The molecule has 0 heteroatoms. The van der Waals surface area contributed by atoms with Crippen molar-refractivity contribution < 1.29 is 0 Å². The highest BCUT2D eigenvalue weighted by atomic mass is 14.6. The smallest absolute Gasteiger partial charge is 0.00462 e. The molecule has 0 amide bonds. The van der Waals surface area contributed by atoms with Crippen LogP contribution in [0.25, 0.3) is 0 Å². The highest BCUT2D eigenvalue weighted by Gasteiger charge is 2.52. The summed E-state index contributed by atoms with van der Waals surface area (Å²) in [7, 11) is 0. The minimum absolute atomic E-state index is 0.318. The van der Waals surface area contributed by atoms with Crippen LogP contribution in [-0.2, 0) is 6.42 Å². The predicted molar refractivity (Wildman–Crippen MR) is 91.4 cm³/mol. The molecule has 1 saturated carbocycles. The molecule has 0 saturated heterocycles. The fraction of sp³-hybridized carbons (Fsp3) is 0.524. The molecule has 3 rings (SSSR count). The molecule has 0 aromatic heterocycles. The van der Waals surface area contributed by atoms with Gasteiger partial charge >= 0.3 is 0 Å². The maximum Gasteiger partial charge on any atom is -0.00462 e. The van der Waals surface area contributed by atoms with Crippen LogP contribution in [-0.4, -0.2) is 0 Å². The van der Waals surface area contributed by atoms with E-state index in [-0.39, 0.29) is 0 Å². The maximum atomic E-state index is 2.47. The van der Waals surface area contributed by atoms with Crippen molar-refractivity contribution in [3.8, 4) is 0 Å². The van der Waals surface area contributed by atoms with E-state index in [0.717, 1.165) is 11.8 Å². The lowest BCUT2D eigenvalue weighted by atomic mass is 9.70. The fourth-order valence-electron chi connectivity index (χ4n) is 4.76. The lowest BCUT2D eigenvalue weighted by molar-refractivity contribution is 0.255. The molecular weight excluding hydrogens is 252 g/mol. The summed E-state index contributed by atoms with van der Waals surface area (Å²) < 4.78 is 0. The van der Waals surface area contributed by atoms with Gasteiger partial charge in [0.15, 0.2) is 0 Å². The Morgan fingerprint density at radius 3 is 2.62 bits per heavy atom. The van der Waals surface area contributed by atoms with Crippen molar-refractivity contribution in [1.29, 1.82) is 0 Å². The molecule has 0 N–H and O–H groups in total. The summed E-state index contributed by atoms with van der Waals surface area (Å²) in [5.41, 5.74) is 3.49. The van der Waals surface area contributed by atoms with Crippen molar-refractivity contribution in [3.05, 3.63) is 59.7 Å². The first-order valence-corrected chi connectivity index (χ1v) is 8.53. The summed E-state index contributed by atoms with van der Waals surface area (Å²) in [6.07, 6.45) is 11.9. The number of hydrogen-bond donors (Lipinski definition) is 0. The van der Waals surface area contributed by atoms with Crippen molar-refractivity contribution in [2.45, 2.75) is 46.5 Å². The van der Waals surface area contributed by atoms with Crippen molar-refractivity contribution >= 4 is 0 Å². The second-order valence-electron chi connectivity index (χ2n) is 7.26. The number of rotatable bonds is 3. The third-order valence-electron chi connectivity index (χ3n) is 6.26. The molecule has 2 aliphatic rings. The molecule has 0 radical (unpaired) electrons. The average molecular weight is 280 g/mol. The van der Waals surface area contributed by atoms with Crippen LogP contribution in [0.1, 0.15) is 51.2 Å². The maximum absolute atomic E-state index is 2.47. The molecule has 21 heavy (non-hydrogen) atoms. The lowest BCUT2D eigenvalue weighted by Crippen LogP contribution is -2.27. The van der Waals surface area contributed by atoms with Crippen molar-refractivity contribution in [1.82, 2.24) is 0 Å². The van der Waals surface area contributed by atoms with Gasteiger partial charge in [0, 0.05) is 0 Å². The predicted octanol–water partition coefficient (Wildman–Crippen LogP) is 5.76. The van der Waals surface area contributed by atoms with E-state index in [1.807, 2.05) is 0 Å². The Kier molecular flexibility index (Phi) is 3.82. The van der Waals surface area contributed by atoms with E-state index < -0.39 is 0 Å². The zero-order valence-corrected chi connectivity index (χ0v) is 13.8. The van der Waals surface area contributed by atoms with E-state index >= 15 is 0 Å². The molecule has 0 nitrogen and oxygen atoms in total. The van der Waals surface area contributed by atoms with Crippen LogP contribution < -0.4 is 0 Å². The summed E-state index contributed by atoms with van der Waals surface area (Å²) in [6, 6.07) is 9.16. The largest absolute Gasteiger partial charge is 0.0799 e. The summed E-state index contributed by atoms with van der Waals surface area (Å²) in [5.74, 6) is 2.76. The molecule has 0 aliphatic heterocycles. The molecule has 1 aromatic carbocycles. The van der Waals surface area contributed by atoms with Crippen LogP contribution in [0.2, 0.25) is 0 Å². The second kappa shape index (κ2) is 5.48. The van der Waals surface area contributed by atoms with Crippen LogP contribution >= 0.6 is 0 Å². The first-order valence-electron chi connectivity index (χ1n) is 8.53. The third-order valence-corrected chi connectivity index (χ3v) is 6.26. The average Bonchev–Trinajstić information content (AvgIpc) is 2.69. The molecule has 0 bridgehead atoms. The molecule has 1 aromatic rings. The number of hydrogen-bond acceptors (Lipinski definition) is 0. The molecule has 5 unspecified atom stereocenters.